The molecule has 0 fully saturated rings. The van der Waals surface area contributed by atoms with Crippen LogP contribution in [0, 0.1) is 0 Å². The van der Waals surface area contributed by atoms with E-state index in [9.17, 15) is 14.4 Å². The van der Waals surface area contributed by atoms with E-state index in [1.807, 2.05) is 0 Å². The Morgan fingerprint density at radius 1 is 0.328 bits per heavy atom. The molecule has 6 heteroatoms. The first kappa shape index (κ1) is 63.3. The number of hydrogen-bond acceptors (Lipinski definition) is 6. The van der Waals surface area contributed by atoms with E-state index in [0.717, 1.165) is 135 Å². The molecule has 0 aromatic carbocycles. The fraction of sp³-hybridized carbons (Fsp3) is 0.689. The Kier molecular flexibility index (Phi) is 51.9. The summed E-state index contributed by atoms with van der Waals surface area (Å²) >= 11 is 0. The van der Waals surface area contributed by atoms with Gasteiger partial charge in [-0.3, -0.25) is 14.4 Å². The highest BCUT2D eigenvalue weighted by Crippen LogP contribution is 2.14. The third-order valence-corrected chi connectivity index (χ3v) is 11.6. The minimum atomic E-state index is -0.797. The van der Waals surface area contributed by atoms with Crippen molar-refractivity contribution < 1.29 is 28.6 Å². The third-order valence-electron chi connectivity index (χ3n) is 11.6. The highest BCUT2D eigenvalue weighted by atomic mass is 16.6. The zero-order chi connectivity index (χ0) is 48.6. The minimum absolute atomic E-state index is 0.0942. The van der Waals surface area contributed by atoms with Crippen LogP contribution in [0.5, 0.6) is 0 Å². The molecule has 0 N–H and O–H groups in total. The fourth-order valence-corrected chi connectivity index (χ4v) is 7.50. The van der Waals surface area contributed by atoms with Crippen LogP contribution in [0.4, 0.5) is 0 Å². The molecule has 0 spiro atoms. The summed E-state index contributed by atoms with van der Waals surface area (Å²) in [5, 5.41) is 0. The van der Waals surface area contributed by atoms with Gasteiger partial charge in [0.15, 0.2) is 6.10 Å². The number of allylic oxidation sites excluding steroid dienone is 16. The molecule has 0 aliphatic carbocycles. The van der Waals surface area contributed by atoms with Crippen molar-refractivity contribution in [3.05, 3.63) is 97.2 Å². The van der Waals surface area contributed by atoms with Gasteiger partial charge in [0.1, 0.15) is 13.2 Å². The van der Waals surface area contributed by atoms with Crippen LogP contribution in [0.3, 0.4) is 0 Å². The number of carbonyl (C=O) groups excluding carboxylic acids is 3. The summed E-state index contributed by atoms with van der Waals surface area (Å²) in [5.74, 6) is -0.934. The number of carbonyl (C=O) groups is 3. The fourth-order valence-electron chi connectivity index (χ4n) is 7.50. The van der Waals surface area contributed by atoms with Crippen molar-refractivity contribution in [1.82, 2.24) is 0 Å². The quantitative estimate of drug-likeness (QED) is 0.0199. The summed E-state index contributed by atoms with van der Waals surface area (Å²) in [5.41, 5.74) is 0. The molecule has 0 aromatic heterocycles. The van der Waals surface area contributed by atoms with Gasteiger partial charge in [-0.2, -0.15) is 0 Å². The molecule has 1 atom stereocenters. The standard InChI is InChI=1S/C61H102O6/c1-4-7-10-13-16-19-22-25-27-29-31-33-34-36-39-42-45-48-51-54-60(63)66-57-58(56-65-59(62)53-50-47-44-41-38-24-21-18-15-12-9-6-3)67-61(64)55-52-49-46-43-40-37-35-32-30-28-26-23-20-17-14-11-8-5-2/h7,9-10,12,16,18-19,21,23,25-28,30,32,35,58H,4-6,8,11,13-15,17,20,22,24,29,31,33-34,36-57H2,1-3H3/b10-7-,12-9-,19-16-,21-18-,26-23-,27-25-,30-28-,35-32-. The van der Waals surface area contributed by atoms with Gasteiger partial charge in [-0.1, -0.05) is 227 Å². The first-order chi connectivity index (χ1) is 33.0. The van der Waals surface area contributed by atoms with Crippen LogP contribution in [-0.4, -0.2) is 37.2 Å². The zero-order valence-corrected chi connectivity index (χ0v) is 43.6. The second-order valence-electron chi connectivity index (χ2n) is 18.1. The predicted octanol–water partition coefficient (Wildman–Crippen LogP) is 18.5. The molecule has 1 unspecified atom stereocenters. The largest absolute Gasteiger partial charge is 0.462 e. The lowest BCUT2D eigenvalue weighted by molar-refractivity contribution is -0.167. The lowest BCUT2D eigenvalue weighted by Crippen LogP contribution is -2.30. The van der Waals surface area contributed by atoms with E-state index in [-0.39, 0.29) is 31.1 Å². The number of esters is 3. The van der Waals surface area contributed by atoms with Crippen molar-refractivity contribution >= 4 is 17.9 Å². The molecule has 0 aliphatic heterocycles. The minimum Gasteiger partial charge on any atom is -0.462 e. The lowest BCUT2D eigenvalue weighted by atomic mass is 10.1. The van der Waals surface area contributed by atoms with Crippen LogP contribution >= 0.6 is 0 Å². The van der Waals surface area contributed by atoms with Crippen molar-refractivity contribution in [2.75, 3.05) is 13.2 Å². The Morgan fingerprint density at radius 3 is 1.03 bits per heavy atom. The van der Waals surface area contributed by atoms with E-state index in [4.69, 9.17) is 14.2 Å². The number of hydrogen-bond donors (Lipinski definition) is 0. The SMILES string of the molecule is CC/C=C\C/C=C\C/C=C\CCCCCCCCCCCC(=O)OCC(COC(=O)CCCCCCC/C=C\C/C=C\CC)OC(=O)CCCCCCC\C=C/C=C\C=C/CCCCCCC. The summed E-state index contributed by atoms with van der Waals surface area (Å²) < 4.78 is 16.8. The Bertz CT molecular complexity index is 1350. The van der Waals surface area contributed by atoms with Crippen LogP contribution in [0.2, 0.25) is 0 Å². The van der Waals surface area contributed by atoms with Crippen LogP contribution < -0.4 is 0 Å². The van der Waals surface area contributed by atoms with Gasteiger partial charge in [-0.05, 0) is 103 Å². The lowest BCUT2D eigenvalue weighted by Gasteiger charge is -2.18. The number of unbranched alkanes of at least 4 members (excludes halogenated alkanes) is 24. The summed E-state index contributed by atoms with van der Waals surface area (Å²) in [4.78, 5) is 38.1. The van der Waals surface area contributed by atoms with Gasteiger partial charge in [0.25, 0.3) is 0 Å². The maximum Gasteiger partial charge on any atom is 0.306 e. The molecule has 0 aromatic rings. The Morgan fingerprint density at radius 2 is 0.642 bits per heavy atom. The molecule has 382 valence electrons. The van der Waals surface area contributed by atoms with Crippen molar-refractivity contribution in [1.29, 1.82) is 0 Å². The molecule has 0 heterocycles. The van der Waals surface area contributed by atoms with Crippen molar-refractivity contribution in [3.63, 3.8) is 0 Å². The highest BCUT2D eigenvalue weighted by molar-refractivity contribution is 5.71. The summed E-state index contributed by atoms with van der Waals surface area (Å²) in [7, 11) is 0. The molecule has 0 saturated carbocycles. The van der Waals surface area contributed by atoms with Crippen LogP contribution in [-0.2, 0) is 28.6 Å². The summed E-state index contributed by atoms with van der Waals surface area (Å²) in [6.45, 7) is 6.37. The van der Waals surface area contributed by atoms with Gasteiger partial charge in [-0.15, -0.1) is 0 Å². The normalized spacial score (nSPS) is 12.8. The van der Waals surface area contributed by atoms with E-state index in [1.165, 1.54) is 77.0 Å². The molecule has 0 amide bonds. The maximum atomic E-state index is 12.8. The summed E-state index contributed by atoms with van der Waals surface area (Å²) in [6.07, 6.45) is 72.5. The Balaban J connectivity index is 4.42. The first-order valence-electron chi connectivity index (χ1n) is 27.8. The summed E-state index contributed by atoms with van der Waals surface area (Å²) in [6, 6.07) is 0. The van der Waals surface area contributed by atoms with E-state index >= 15 is 0 Å². The predicted molar refractivity (Wildman–Crippen MR) is 288 cm³/mol. The van der Waals surface area contributed by atoms with Crippen molar-refractivity contribution in [3.8, 4) is 0 Å². The van der Waals surface area contributed by atoms with Gasteiger partial charge < -0.3 is 14.2 Å². The monoisotopic (exact) mass is 931 g/mol. The molecule has 0 bridgehead atoms. The van der Waals surface area contributed by atoms with Gasteiger partial charge in [0.2, 0.25) is 0 Å². The van der Waals surface area contributed by atoms with Gasteiger partial charge in [0.05, 0.1) is 0 Å². The van der Waals surface area contributed by atoms with Crippen LogP contribution in [0.15, 0.2) is 97.2 Å². The third kappa shape index (κ3) is 53.2. The number of rotatable bonds is 49. The Hall–Kier alpha value is -3.67. The van der Waals surface area contributed by atoms with Crippen LogP contribution in [0.25, 0.3) is 0 Å². The molecule has 6 nitrogen and oxygen atoms in total. The molecular weight excluding hydrogens is 829 g/mol. The highest BCUT2D eigenvalue weighted by Gasteiger charge is 2.19. The van der Waals surface area contributed by atoms with Crippen LogP contribution in [0.1, 0.15) is 252 Å². The van der Waals surface area contributed by atoms with Crippen molar-refractivity contribution in [2.45, 2.75) is 258 Å². The molecular formula is C61H102O6. The average Bonchev–Trinajstić information content (AvgIpc) is 3.33. The Labute approximate surface area is 413 Å². The first-order valence-corrected chi connectivity index (χ1v) is 27.8. The van der Waals surface area contributed by atoms with E-state index in [1.54, 1.807) is 0 Å². The van der Waals surface area contributed by atoms with E-state index in [2.05, 4.69) is 118 Å². The zero-order valence-electron chi connectivity index (χ0n) is 43.6. The molecule has 0 saturated heterocycles. The second kappa shape index (κ2) is 54.9. The smallest absolute Gasteiger partial charge is 0.306 e. The average molecular weight is 931 g/mol. The molecule has 0 radical (unpaired) electrons. The molecule has 67 heavy (non-hydrogen) atoms. The van der Waals surface area contributed by atoms with E-state index in [0.29, 0.717) is 19.3 Å². The number of ether oxygens (including phenoxy) is 3. The second-order valence-corrected chi connectivity index (χ2v) is 18.1. The molecule has 0 aliphatic rings. The molecule has 0 rings (SSSR count). The van der Waals surface area contributed by atoms with Gasteiger partial charge >= 0.3 is 17.9 Å². The van der Waals surface area contributed by atoms with Crippen molar-refractivity contribution in [2.24, 2.45) is 0 Å². The van der Waals surface area contributed by atoms with Gasteiger partial charge in [0, 0.05) is 19.3 Å². The topological polar surface area (TPSA) is 78.9 Å². The van der Waals surface area contributed by atoms with Gasteiger partial charge in [-0.25, -0.2) is 0 Å². The maximum absolute atomic E-state index is 12.8. The van der Waals surface area contributed by atoms with E-state index < -0.39 is 6.10 Å².